The van der Waals surface area contributed by atoms with E-state index in [1.165, 1.54) is 30.3 Å². The van der Waals surface area contributed by atoms with E-state index in [0.717, 1.165) is 10.8 Å². The second-order valence-corrected chi connectivity index (χ2v) is 7.66. The molecule has 0 spiro atoms. The summed E-state index contributed by atoms with van der Waals surface area (Å²) in [5.41, 5.74) is 0.607. The number of carbonyl (C=O) groups excluding carboxylic acids is 2. The van der Waals surface area contributed by atoms with E-state index < -0.39 is 17.7 Å². The Morgan fingerprint density at radius 3 is 2.50 bits per heavy atom. The smallest absolute Gasteiger partial charge is 0.344 e. The number of nitrogens with zero attached hydrogens (tertiary/aromatic N) is 1. The van der Waals surface area contributed by atoms with Crippen molar-refractivity contribution in [3.8, 4) is 17.6 Å². The van der Waals surface area contributed by atoms with Gasteiger partial charge in [0.25, 0.3) is 5.91 Å². The minimum Gasteiger partial charge on any atom is -0.490 e. The number of halogens is 1. The molecule has 1 N–H and O–H groups in total. The average molecular weight is 480 g/mol. The predicted molar refractivity (Wildman–Crippen MR) is 135 cm³/mol. The number of esters is 1. The summed E-state index contributed by atoms with van der Waals surface area (Å²) >= 11 is 0. The Bertz CT molecular complexity index is 1520. The highest BCUT2D eigenvalue weighted by atomic mass is 19.1. The van der Waals surface area contributed by atoms with E-state index in [0.29, 0.717) is 17.7 Å². The van der Waals surface area contributed by atoms with Gasteiger partial charge >= 0.3 is 5.97 Å². The lowest BCUT2D eigenvalue weighted by Crippen LogP contribution is -2.14. The van der Waals surface area contributed by atoms with Gasteiger partial charge in [0, 0.05) is 0 Å². The predicted octanol–water partition coefficient (Wildman–Crippen LogP) is 6.14. The standard InChI is InChI=1S/C29H21FN2O4/c1-2-35-27-17-19(16-21(18-31)28(33)32-25-13-6-5-12-24(25)30)14-15-26(27)36-29(34)23-11-7-9-20-8-3-4-10-22(20)23/h3-17H,2H2,1H3,(H,32,33)/b21-16+. The van der Waals surface area contributed by atoms with Crippen molar-refractivity contribution in [1.29, 1.82) is 5.26 Å². The van der Waals surface area contributed by atoms with Crippen molar-refractivity contribution >= 4 is 34.4 Å². The van der Waals surface area contributed by atoms with Gasteiger partial charge in [-0.3, -0.25) is 4.79 Å². The molecular formula is C29H21FN2O4. The topological polar surface area (TPSA) is 88.4 Å². The summed E-state index contributed by atoms with van der Waals surface area (Å²) < 4.78 is 25.2. The molecule has 4 rings (SSSR count). The third-order valence-electron chi connectivity index (χ3n) is 5.28. The summed E-state index contributed by atoms with van der Waals surface area (Å²) in [5, 5.41) is 13.6. The first-order chi connectivity index (χ1) is 17.5. The molecule has 0 aliphatic rings. The molecule has 4 aromatic rings. The van der Waals surface area contributed by atoms with Crippen molar-refractivity contribution in [1.82, 2.24) is 0 Å². The Balaban J connectivity index is 1.59. The van der Waals surface area contributed by atoms with E-state index in [1.54, 1.807) is 37.3 Å². The van der Waals surface area contributed by atoms with Crippen LogP contribution in [0.15, 0.2) is 90.5 Å². The third kappa shape index (κ3) is 5.40. The SMILES string of the molecule is CCOc1cc(/C=C(\C#N)C(=O)Nc2ccccc2F)ccc1OC(=O)c1cccc2ccccc12. The molecule has 1 amide bonds. The van der Waals surface area contributed by atoms with Crippen LogP contribution >= 0.6 is 0 Å². The molecule has 0 fully saturated rings. The minimum absolute atomic E-state index is 0.0330. The maximum Gasteiger partial charge on any atom is 0.344 e. The Kier molecular flexibility index (Phi) is 7.37. The number of nitriles is 1. The molecule has 0 radical (unpaired) electrons. The first-order valence-corrected chi connectivity index (χ1v) is 11.1. The van der Waals surface area contributed by atoms with Crippen LogP contribution in [0.1, 0.15) is 22.8 Å². The van der Waals surface area contributed by atoms with E-state index in [-0.39, 0.29) is 22.8 Å². The molecule has 178 valence electrons. The van der Waals surface area contributed by atoms with Crippen molar-refractivity contribution in [3.63, 3.8) is 0 Å². The van der Waals surface area contributed by atoms with Gasteiger partial charge in [0.2, 0.25) is 0 Å². The van der Waals surface area contributed by atoms with Crippen molar-refractivity contribution < 1.29 is 23.5 Å². The first-order valence-electron chi connectivity index (χ1n) is 11.1. The van der Waals surface area contributed by atoms with Crippen LogP contribution < -0.4 is 14.8 Å². The summed E-state index contributed by atoms with van der Waals surface area (Å²) in [6, 6.07) is 25.1. The molecule has 0 saturated carbocycles. The summed E-state index contributed by atoms with van der Waals surface area (Å²) in [5.74, 6) is -1.45. The minimum atomic E-state index is -0.757. The van der Waals surface area contributed by atoms with Crippen molar-refractivity contribution in [2.24, 2.45) is 0 Å². The van der Waals surface area contributed by atoms with E-state index >= 15 is 0 Å². The fourth-order valence-electron chi connectivity index (χ4n) is 3.59. The molecule has 7 heteroatoms. The van der Waals surface area contributed by atoms with Crippen LogP contribution in [0.25, 0.3) is 16.8 Å². The molecule has 0 heterocycles. The lowest BCUT2D eigenvalue weighted by atomic mass is 10.0. The number of para-hydroxylation sites is 1. The number of ether oxygens (including phenoxy) is 2. The van der Waals surface area contributed by atoms with Crippen LogP contribution in [0.5, 0.6) is 11.5 Å². The number of hydrogen-bond acceptors (Lipinski definition) is 5. The zero-order valence-electron chi connectivity index (χ0n) is 19.3. The molecule has 0 aliphatic carbocycles. The quantitative estimate of drug-likeness (QED) is 0.149. The highest BCUT2D eigenvalue weighted by molar-refractivity contribution is 6.10. The van der Waals surface area contributed by atoms with Crippen LogP contribution in [0, 0.1) is 17.1 Å². The zero-order chi connectivity index (χ0) is 25.5. The fourth-order valence-corrected chi connectivity index (χ4v) is 3.59. The maximum absolute atomic E-state index is 13.9. The first kappa shape index (κ1) is 24.2. The monoisotopic (exact) mass is 480 g/mol. The van der Waals surface area contributed by atoms with Crippen LogP contribution in [-0.2, 0) is 4.79 Å². The highest BCUT2D eigenvalue weighted by Crippen LogP contribution is 2.31. The Hall–Kier alpha value is -4.96. The molecule has 0 bridgehead atoms. The molecule has 36 heavy (non-hydrogen) atoms. The molecule has 6 nitrogen and oxygen atoms in total. The van der Waals surface area contributed by atoms with Crippen molar-refractivity contribution in [2.45, 2.75) is 6.92 Å². The lowest BCUT2D eigenvalue weighted by molar-refractivity contribution is -0.112. The van der Waals surface area contributed by atoms with Gasteiger partial charge in [0.05, 0.1) is 17.9 Å². The van der Waals surface area contributed by atoms with Crippen LogP contribution in [0.4, 0.5) is 10.1 Å². The second-order valence-electron chi connectivity index (χ2n) is 7.66. The number of nitrogens with one attached hydrogen (secondary N) is 1. The average Bonchev–Trinajstić information content (AvgIpc) is 2.89. The largest absolute Gasteiger partial charge is 0.490 e. The summed E-state index contributed by atoms with van der Waals surface area (Å²) in [6.07, 6.45) is 1.34. The van der Waals surface area contributed by atoms with Gasteiger partial charge in [-0.25, -0.2) is 9.18 Å². The van der Waals surface area contributed by atoms with Gasteiger partial charge < -0.3 is 14.8 Å². The molecule has 0 unspecified atom stereocenters. The number of anilines is 1. The number of hydrogen-bond donors (Lipinski definition) is 1. The number of carbonyl (C=O) groups is 2. The Labute approximate surface area is 207 Å². The molecule has 0 atom stereocenters. The number of benzene rings is 4. The van der Waals surface area contributed by atoms with Gasteiger partial charge in [0.1, 0.15) is 17.5 Å². The normalized spacial score (nSPS) is 11.0. The van der Waals surface area contributed by atoms with Gasteiger partial charge in [0.15, 0.2) is 11.5 Å². The number of amides is 1. The Morgan fingerprint density at radius 2 is 1.72 bits per heavy atom. The second kappa shape index (κ2) is 11.0. The van der Waals surface area contributed by atoms with E-state index in [9.17, 15) is 19.2 Å². The van der Waals surface area contributed by atoms with Crippen molar-refractivity contribution in [3.05, 3.63) is 107 Å². The van der Waals surface area contributed by atoms with Crippen molar-refractivity contribution in [2.75, 3.05) is 11.9 Å². The van der Waals surface area contributed by atoms with E-state index in [1.807, 2.05) is 36.4 Å². The number of rotatable bonds is 7. The molecule has 0 saturated heterocycles. The van der Waals surface area contributed by atoms with Crippen LogP contribution in [-0.4, -0.2) is 18.5 Å². The summed E-state index contributed by atoms with van der Waals surface area (Å²) in [7, 11) is 0. The Morgan fingerprint density at radius 1 is 0.972 bits per heavy atom. The zero-order valence-corrected chi connectivity index (χ0v) is 19.3. The van der Waals surface area contributed by atoms with Crippen LogP contribution in [0.3, 0.4) is 0 Å². The highest BCUT2D eigenvalue weighted by Gasteiger charge is 2.17. The van der Waals surface area contributed by atoms with Gasteiger partial charge in [-0.2, -0.15) is 5.26 Å². The van der Waals surface area contributed by atoms with E-state index in [4.69, 9.17) is 9.47 Å². The van der Waals surface area contributed by atoms with Gasteiger partial charge in [-0.15, -0.1) is 0 Å². The van der Waals surface area contributed by atoms with Gasteiger partial charge in [-0.05, 0) is 59.7 Å². The molecule has 0 aromatic heterocycles. The molecule has 0 aliphatic heterocycles. The fraction of sp³-hybridized carbons (Fsp3) is 0.0690. The van der Waals surface area contributed by atoms with E-state index in [2.05, 4.69) is 5.32 Å². The third-order valence-corrected chi connectivity index (χ3v) is 5.28. The van der Waals surface area contributed by atoms with Gasteiger partial charge in [-0.1, -0.05) is 54.6 Å². The van der Waals surface area contributed by atoms with Crippen LogP contribution in [0.2, 0.25) is 0 Å². The number of fused-ring (bicyclic) bond motifs is 1. The molecular weight excluding hydrogens is 459 g/mol. The summed E-state index contributed by atoms with van der Waals surface area (Å²) in [4.78, 5) is 25.5. The summed E-state index contributed by atoms with van der Waals surface area (Å²) in [6.45, 7) is 2.08. The molecule has 4 aromatic carbocycles. The lowest BCUT2D eigenvalue weighted by Gasteiger charge is -2.12. The maximum atomic E-state index is 13.9.